The third kappa shape index (κ3) is 1.92. The normalized spacial score (nSPS) is 29.2. The predicted octanol–water partition coefficient (Wildman–Crippen LogP) is 2.53. The van der Waals surface area contributed by atoms with Gasteiger partial charge < -0.3 is 9.84 Å². The fraction of sp³-hybridized carbons (Fsp3) is 0.455. The number of aliphatic hydroxyl groups is 1. The SMILES string of the molecule is CC1(CO)OC1c1ccc(C(F)(F)F)cc1. The molecule has 1 saturated heterocycles. The van der Waals surface area contributed by atoms with Crippen LogP contribution in [0.5, 0.6) is 0 Å². The molecule has 0 amide bonds. The van der Waals surface area contributed by atoms with Gasteiger partial charge in [-0.3, -0.25) is 0 Å². The summed E-state index contributed by atoms with van der Waals surface area (Å²) in [5, 5.41) is 8.98. The number of hydrogen-bond acceptors (Lipinski definition) is 2. The molecule has 0 bridgehead atoms. The summed E-state index contributed by atoms with van der Waals surface area (Å²) >= 11 is 0. The molecule has 1 heterocycles. The molecule has 0 spiro atoms. The van der Waals surface area contributed by atoms with Gasteiger partial charge in [0.15, 0.2) is 0 Å². The number of epoxide rings is 1. The van der Waals surface area contributed by atoms with Crippen LogP contribution >= 0.6 is 0 Å². The minimum absolute atomic E-state index is 0.140. The van der Waals surface area contributed by atoms with Crippen molar-refractivity contribution in [2.24, 2.45) is 0 Å². The molecule has 1 aromatic rings. The van der Waals surface area contributed by atoms with E-state index in [1.165, 1.54) is 12.1 Å². The summed E-state index contributed by atoms with van der Waals surface area (Å²) in [7, 11) is 0. The molecule has 0 radical (unpaired) electrons. The zero-order chi connectivity index (χ0) is 12.0. The van der Waals surface area contributed by atoms with Crippen LogP contribution in [-0.4, -0.2) is 17.3 Å². The van der Waals surface area contributed by atoms with E-state index >= 15 is 0 Å². The number of halogens is 3. The first-order valence-corrected chi connectivity index (χ1v) is 4.83. The molecule has 0 aromatic heterocycles. The van der Waals surface area contributed by atoms with Crippen LogP contribution in [0.15, 0.2) is 24.3 Å². The van der Waals surface area contributed by atoms with Crippen molar-refractivity contribution < 1.29 is 23.0 Å². The summed E-state index contributed by atoms with van der Waals surface area (Å²) in [4.78, 5) is 0. The molecule has 2 unspecified atom stereocenters. The van der Waals surface area contributed by atoms with Crippen LogP contribution in [0, 0.1) is 0 Å². The van der Waals surface area contributed by atoms with Gasteiger partial charge in [0.05, 0.1) is 12.2 Å². The standard InChI is InChI=1S/C11H11F3O2/c1-10(6-15)9(16-10)7-2-4-8(5-3-7)11(12,13)14/h2-5,9,15H,6H2,1H3. The molecule has 0 aliphatic carbocycles. The largest absolute Gasteiger partial charge is 0.416 e. The first-order valence-electron chi connectivity index (χ1n) is 4.83. The van der Waals surface area contributed by atoms with E-state index in [0.717, 1.165) is 12.1 Å². The lowest BCUT2D eigenvalue weighted by molar-refractivity contribution is -0.137. The van der Waals surface area contributed by atoms with Crippen LogP contribution in [0.3, 0.4) is 0 Å². The summed E-state index contributed by atoms with van der Waals surface area (Å²) in [6.07, 6.45) is -4.62. The fourth-order valence-corrected chi connectivity index (χ4v) is 1.62. The second kappa shape index (κ2) is 3.46. The molecule has 2 rings (SSSR count). The van der Waals surface area contributed by atoms with Crippen molar-refractivity contribution in [1.82, 2.24) is 0 Å². The topological polar surface area (TPSA) is 32.8 Å². The molecular weight excluding hydrogens is 221 g/mol. The van der Waals surface area contributed by atoms with Crippen LogP contribution in [0.4, 0.5) is 13.2 Å². The van der Waals surface area contributed by atoms with E-state index in [2.05, 4.69) is 0 Å². The van der Waals surface area contributed by atoms with Gasteiger partial charge >= 0.3 is 6.18 Å². The van der Waals surface area contributed by atoms with Crippen molar-refractivity contribution in [2.45, 2.75) is 24.8 Å². The van der Waals surface area contributed by atoms with Crippen molar-refractivity contribution >= 4 is 0 Å². The zero-order valence-corrected chi connectivity index (χ0v) is 8.58. The highest BCUT2D eigenvalue weighted by molar-refractivity contribution is 5.30. The molecule has 1 fully saturated rings. The second-order valence-corrected chi connectivity index (χ2v) is 4.09. The number of alkyl halides is 3. The molecule has 1 aliphatic heterocycles. The number of benzene rings is 1. The quantitative estimate of drug-likeness (QED) is 0.795. The maximum absolute atomic E-state index is 12.3. The predicted molar refractivity (Wildman–Crippen MR) is 50.8 cm³/mol. The van der Waals surface area contributed by atoms with Crippen LogP contribution in [-0.2, 0) is 10.9 Å². The van der Waals surface area contributed by atoms with E-state index in [4.69, 9.17) is 9.84 Å². The van der Waals surface area contributed by atoms with E-state index in [9.17, 15) is 13.2 Å². The average Bonchev–Trinajstić information content (AvgIpc) is 2.91. The molecule has 0 saturated carbocycles. The van der Waals surface area contributed by atoms with Gasteiger partial charge in [0.25, 0.3) is 0 Å². The molecule has 1 aliphatic rings. The molecule has 1 aromatic carbocycles. The van der Waals surface area contributed by atoms with Gasteiger partial charge in [-0.25, -0.2) is 0 Å². The lowest BCUT2D eigenvalue weighted by Crippen LogP contribution is -2.12. The highest BCUT2D eigenvalue weighted by atomic mass is 19.4. The minimum Gasteiger partial charge on any atom is -0.393 e. The Labute approximate surface area is 90.7 Å². The summed E-state index contributed by atoms with van der Waals surface area (Å²) < 4.78 is 42.1. The number of rotatable bonds is 2. The minimum atomic E-state index is -4.32. The average molecular weight is 232 g/mol. The summed E-state index contributed by atoms with van der Waals surface area (Å²) in [6.45, 7) is 1.58. The van der Waals surface area contributed by atoms with Gasteiger partial charge in [0, 0.05) is 0 Å². The molecular formula is C11H11F3O2. The monoisotopic (exact) mass is 232 g/mol. The Morgan fingerprint density at radius 1 is 1.31 bits per heavy atom. The molecule has 16 heavy (non-hydrogen) atoms. The Bertz CT molecular complexity index is 385. The number of hydrogen-bond donors (Lipinski definition) is 1. The second-order valence-electron chi connectivity index (χ2n) is 4.09. The smallest absolute Gasteiger partial charge is 0.393 e. The number of aliphatic hydroxyl groups excluding tert-OH is 1. The Kier molecular flexibility index (Phi) is 2.47. The molecule has 88 valence electrons. The van der Waals surface area contributed by atoms with E-state index in [-0.39, 0.29) is 12.7 Å². The highest BCUT2D eigenvalue weighted by Gasteiger charge is 2.52. The van der Waals surface area contributed by atoms with Crippen molar-refractivity contribution in [2.75, 3.05) is 6.61 Å². The molecule has 2 atom stereocenters. The summed E-state index contributed by atoms with van der Waals surface area (Å²) in [5.41, 5.74) is -0.660. The Morgan fingerprint density at radius 3 is 2.25 bits per heavy atom. The van der Waals surface area contributed by atoms with Gasteiger partial charge in [-0.05, 0) is 24.6 Å². The van der Waals surface area contributed by atoms with Crippen molar-refractivity contribution in [3.05, 3.63) is 35.4 Å². The Hall–Kier alpha value is -1.07. The van der Waals surface area contributed by atoms with E-state index in [1.807, 2.05) is 0 Å². The van der Waals surface area contributed by atoms with Crippen LogP contribution in [0.1, 0.15) is 24.2 Å². The lowest BCUT2D eigenvalue weighted by Gasteiger charge is -2.07. The van der Waals surface area contributed by atoms with Gasteiger partial charge in [-0.15, -0.1) is 0 Å². The van der Waals surface area contributed by atoms with Gasteiger partial charge in [0.1, 0.15) is 11.7 Å². The lowest BCUT2D eigenvalue weighted by atomic mass is 10.0. The third-order valence-electron chi connectivity index (χ3n) is 2.74. The zero-order valence-electron chi connectivity index (χ0n) is 8.58. The Morgan fingerprint density at radius 2 is 1.88 bits per heavy atom. The van der Waals surface area contributed by atoms with Crippen LogP contribution < -0.4 is 0 Å². The van der Waals surface area contributed by atoms with Crippen molar-refractivity contribution in [1.29, 1.82) is 0 Å². The molecule has 5 heteroatoms. The highest BCUT2D eigenvalue weighted by Crippen LogP contribution is 2.49. The third-order valence-corrected chi connectivity index (χ3v) is 2.74. The Balaban J connectivity index is 2.16. The van der Waals surface area contributed by atoms with Crippen molar-refractivity contribution in [3.8, 4) is 0 Å². The van der Waals surface area contributed by atoms with Crippen LogP contribution in [0.2, 0.25) is 0 Å². The van der Waals surface area contributed by atoms with Gasteiger partial charge in [-0.1, -0.05) is 12.1 Å². The van der Waals surface area contributed by atoms with Crippen molar-refractivity contribution in [3.63, 3.8) is 0 Å². The van der Waals surface area contributed by atoms with E-state index in [0.29, 0.717) is 5.56 Å². The summed E-state index contributed by atoms with van der Waals surface area (Å²) in [6, 6.07) is 4.81. The van der Waals surface area contributed by atoms with E-state index in [1.54, 1.807) is 6.92 Å². The first kappa shape index (κ1) is 11.4. The molecule has 1 N–H and O–H groups in total. The summed E-state index contributed by atoms with van der Waals surface area (Å²) in [5.74, 6) is 0. The van der Waals surface area contributed by atoms with Crippen LogP contribution in [0.25, 0.3) is 0 Å². The molecule has 2 nitrogen and oxygen atoms in total. The first-order chi connectivity index (χ1) is 7.37. The van der Waals surface area contributed by atoms with Gasteiger partial charge in [-0.2, -0.15) is 13.2 Å². The maximum Gasteiger partial charge on any atom is 0.416 e. The van der Waals surface area contributed by atoms with Gasteiger partial charge in [0.2, 0.25) is 0 Å². The number of ether oxygens (including phenoxy) is 1. The fourth-order valence-electron chi connectivity index (χ4n) is 1.62. The maximum atomic E-state index is 12.3. The van der Waals surface area contributed by atoms with E-state index < -0.39 is 17.3 Å².